The number of benzene rings is 2. The van der Waals surface area contributed by atoms with Crippen molar-refractivity contribution in [2.45, 2.75) is 5.38 Å². The zero-order chi connectivity index (χ0) is 14.7. The predicted octanol–water partition coefficient (Wildman–Crippen LogP) is 4.93. The van der Waals surface area contributed by atoms with Gasteiger partial charge in [-0.3, -0.25) is 0 Å². The van der Waals surface area contributed by atoms with Crippen LogP contribution < -0.4 is 9.47 Å². The van der Waals surface area contributed by atoms with Crippen LogP contribution in [0, 0.1) is 5.82 Å². The maximum Gasteiger partial charge on any atom is 0.133 e. The normalized spacial score (nSPS) is 12.1. The van der Waals surface area contributed by atoms with E-state index < -0.39 is 5.38 Å². The highest BCUT2D eigenvalue weighted by Crippen LogP contribution is 2.40. The van der Waals surface area contributed by atoms with E-state index >= 15 is 0 Å². The Morgan fingerprint density at radius 3 is 2.20 bits per heavy atom. The molecule has 0 saturated heterocycles. The van der Waals surface area contributed by atoms with Crippen molar-refractivity contribution in [2.75, 3.05) is 14.2 Å². The van der Waals surface area contributed by atoms with E-state index in [9.17, 15) is 4.39 Å². The van der Waals surface area contributed by atoms with Gasteiger partial charge in [0.1, 0.15) is 17.3 Å². The molecular formula is C15H13BrClFO2. The molecule has 2 aromatic rings. The van der Waals surface area contributed by atoms with Crippen molar-refractivity contribution in [1.82, 2.24) is 0 Å². The van der Waals surface area contributed by atoms with Gasteiger partial charge in [0.2, 0.25) is 0 Å². The average Bonchev–Trinajstić information content (AvgIpc) is 2.47. The molecule has 106 valence electrons. The van der Waals surface area contributed by atoms with Crippen LogP contribution in [0.15, 0.2) is 40.9 Å². The Kier molecular flexibility index (Phi) is 4.89. The third kappa shape index (κ3) is 3.07. The summed E-state index contributed by atoms with van der Waals surface area (Å²) in [5.74, 6) is 1.01. The largest absolute Gasteiger partial charge is 0.496 e. The molecule has 0 heterocycles. The summed E-state index contributed by atoms with van der Waals surface area (Å²) < 4.78 is 24.4. The first-order valence-electron chi connectivity index (χ1n) is 5.87. The average molecular weight is 360 g/mol. The molecule has 1 atom stereocenters. The van der Waals surface area contributed by atoms with Crippen LogP contribution in [0.25, 0.3) is 0 Å². The van der Waals surface area contributed by atoms with Crippen LogP contribution in [0.5, 0.6) is 11.5 Å². The lowest BCUT2D eigenvalue weighted by Crippen LogP contribution is -1.99. The molecule has 0 N–H and O–H groups in total. The van der Waals surface area contributed by atoms with Gasteiger partial charge in [0.05, 0.1) is 24.1 Å². The standard InChI is InChI=1S/C15H13BrClFO2/c1-19-13-8-12(16)14(20-2)7-11(13)15(17)9-3-5-10(18)6-4-9/h3-8,15H,1-2H3. The second-order valence-electron chi connectivity index (χ2n) is 4.14. The van der Waals surface area contributed by atoms with Crippen LogP contribution >= 0.6 is 27.5 Å². The molecule has 2 aromatic carbocycles. The summed E-state index contributed by atoms with van der Waals surface area (Å²) in [6.45, 7) is 0. The van der Waals surface area contributed by atoms with Gasteiger partial charge in [0.15, 0.2) is 0 Å². The molecule has 0 aromatic heterocycles. The van der Waals surface area contributed by atoms with Gasteiger partial charge in [-0.2, -0.15) is 0 Å². The fourth-order valence-corrected chi connectivity index (χ4v) is 2.69. The van der Waals surface area contributed by atoms with Crippen molar-refractivity contribution in [2.24, 2.45) is 0 Å². The molecule has 20 heavy (non-hydrogen) atoms. The first-order valence-corrected chi connectivity index (χ1v) is 7.10. The second kappa shape index (κ2) is 6.46. The summed E-state index contributed by atoms with van der Waals surface area (Å²) in [4.78, 5) is 0. The molecule has 0 aliphatic heterocycles. The third-order valence-electron chi connectivity index (χ3n) is 2.94. The molecule has 0 saturated carbocycles. The van der Waals surface area contributed by atoms with E-state index in [1.165, 1.54) is 12.1 Å². The molecule has 0 amide bonds. The molecule has 0 fully saturated rings. The number of hydrogen-bond donors (Lipinski definition) is 0. The van der Waals surface area contributed by atoms with Crippen LogP contribution in [0.4, 0.5) is 4.39 Å². The van der Waals surface area contributed by atoms with Crippen LogP contribution in [0.1, 0.15) is 16.5 Å². The summed E-state index contributed by atoms with van der Waals surface area (Å²) in [5.41, 5.74) is 1.55. The van der Waals surface area contributed by atoms with E-state index in [4.69, 9.17) is 21.1 Å². The van der Waals surface area contributed by atoms with Gasteiger partial charge < -0.3 is 9.47 Å². The fraction of sp³-hybridized carbons (Fsp3) is 0.200. The monoisotopic (exact) mass is 358 g/mol. The van der Waals surface area contributed by atoms with E-state index in [0.29, 0.717) is 11.5 Å². The van der Waals surface area contributed by atoms with Crippen molar-refractivity contribution >= 4 is 27.5 Å². The highest BCUT2D eigenvalue weighted by molar-refractivity contribution is 9.10. The third-order valence-corrected chi connectivity index (χ3v) is 4.05. The minimum absolute atomic E-state index is 0.294. The van der Waals surface area contributed by atoms with E-state index in [1.807, 2.05) is 6.07 Å². The van der Waals surface area contributed by atoms with Gasteiger partial charge in [0.25, 0.3) is 0 Å². The highest BCUT2D eigenvalue weighted by Gasteiger charge is 2.18. The Balaban J connectivity index is 2.47. The van der Waals surface area contributed by atoms with Gasteiger partial charge in [-0.1, -0.05) is 12.1 Å². The van der Waals surface area contributed by atoms with Crippen LogP contribution in [0.2, 0.25) is 0 Å². The molecule has 0 spiro atoms. The Labute approximate surface area is 130 Å². The van der Waals surface area contributed by atoms with E-state index in [2.05, 4.69) is 15.9 Å². The molecule has 5 heteroatoms. The Morgan fingerprint density at radius 1 is 1.05 bits per heavy atom. The van der Waals surface area contributed by atoms with Crippen LogP contribution in [-0.4, -0.2) is 14.2 Å². The molecule has 0 aliphatic carbocycles. The van der Waals surface area contributed by atoms with Gasteiger partial charge in [-0.05, 0) is 45.8 Å². The number of alkyl halides is 1. The van der Waals surface area contributed by atoms with Crippen molar-refractivity contribution < 1.29 is 13.9 Å². The lowest BCUT2D eigenvalue weighted by molar-refractivity contribution is 0.397. The van der Waals surface area contributed by atoms with Gasteiger partial charge in [-0.15, -0.1) is 11.6 Å². The quantitative estimate of drug-likeness (QED) is 0.720. The topological polar surface area (TPSA) is 18.5 Å². The van der Waals surface area contributed by atoms with E-state index in [-0.39, 0.29) is 5.82 Å². The molecule has 2 rings (SSSR count). The molecule has 2 nitrogen and oxygen atoms in total. The van der Waals surface area contributed by atoms with Crippen molar-refractivity contribution in [1.29, 1.82) is 0 Å². The lowest BCUT2D eigenvalue weighted by atomic mass is 10.0. The lowest BCUT2D eigenvalue weighted by Gasteiger charge is -2.16. The van der Waals surface area contributed by atoms with Crippen LogP contribution in [-0.2, 0) is 0 Å². The van der Waals surface area contributed by atoms with Crippen molar-refractivity contribution in [3.05, 3.63) is 57.8 Å². The minimum atomic E-state index is -0.451. The summed E-state index contributed by atoms with van der Waals surface area (Å²) in [6.07, 6.45) is 0. The summed E-state index contributed by atoms with van der Waals surface area (Å²) in [6, 6.07) is 9.68. The predicted molar refractivity (Wildman–Crippen MR) is 81.3 cm³/mol. The van der Waals surface area contributed by atoms with Gasteiger partial charge in [-0.25, -0.2) is 4.39 Å². The Hall–Kier alpha value is -1.26. The number of halogens is 3. The fourth-order valence-electron chi connectivity index (χ4n) is 1.89. The number of ether oxygens (including phenoxy) is 2. The van der Waals surface area contributed by atoms with E-state index in [0.717, 1.165) is 15.6 Å². The number of methoxy groups -OCH3 is 2. The number of rotatable bonds is 4. The highest BCUT2D eigenvalue weighted by atomic mass is 79.9. The van der Waals surface area contributed by atoms with Gasteiger partial charge >= 0.3 is 0 Å². The zero-order valence-corrected chi connectivity index (χ0v) is 13.3. The molecule has 1 unspecified atom stereocenters. The molecule has 0 bridgehead atoms. The van der Waals surface area contributed by atoms with Crippen molar-refractivity contribution in [3.63, 3.8) is 0 Å². The first kappa shape index (κ1) is 15.1. The first-order chi connectivity index (χ1) is 9.56. The summed E-state index contributed by atoms with van der Waals surface area (Å²) in [5, 5.41) is -0.451. The second-order valence-corrected chi connectivity index (χ2v) is 5.43. The maximum atomic E-state index is 13.0. The van der Waals surface area contributed by atoms with Crippen LogP contribution in [0.3, 0.4) is 0 Å². The van der Waals surface area contributed by atoms with E-state index in [1.54, 1.807) is 32.4 Å². The van der Waals surface area contributed by atoms with Crippen molar-refractivity contribution in [3.8, 4) is 11.5 Å². The summed E-state index contributed by atoms with van der Waals surface area (Å²) >= 11 is 9.88. The van der Waals surface area contributed by atoms with Gasteiger partial charge in [0, 0.05) is 5.56 Å². The summed E-state index contributed by atoms with van der Waals surface area (Å²) in [7, 11) is 3.16. The Bertz CT molecular complexity index is 602. The number of hydrogen-bond acceptors (Lipinski definition) is 2. The smallest absolute Gasteiger partial charge is 0.133 e. The maximum absolute atomic E-state index is 13.0. The molecule has 0 aliphatic rings. The Morgan fingerprint density at radius 2 is 1.65 bits per heavy atom. The zero-order valence-electron chi connectivity index (χ0n) is 11.0. The molecular weight excluding hydrogens is 347 g/mol. The minimum Gasteiger partial charge on any atom is -0.496 e. The molecule has 0 radical (unpaired) electrons. The SMILES string of the molecule is COc1cc(C(Cl)c2ccc(F)cc2)c(OC)cc1Br.